The van der Waals surface area contributed by atoms with Crippen molar-refractivity contribution in [1.82, 2.24) is 4.90 Å². The fraction of sp³-hybridized carbons (Fsp3) is 0.500. The van der Waals surface area contributed by atoms with Crippen LogP contribution in [0, 0.1) is 0 Å². The van der Waals surface area contributed by atoms with Crippen molar-refractivity contribution >= 4 is 23.2 Å². The van der Waals surface area contributed by atoms with Crippen molar-refractivity contribution < 1.29 is 19.4 Å². The Hall–Kier alpha value is -1.40. The average Bonchev–Trinajstić information content (AvgIpc) is 2.95. The SMILES string of the molecule is O=C(O)c1ccc(C(=O)N2CC3CCC(C2)O3)s1. The third kappa shape index (κ3) is 2.02. The maximum absolute atomic E-state index is 12.2. The van der Waals surface area contributed by atoms with Gasteiger partial charge in [0.25, 0.3) is 5.91 Å². The summed E-state index contributed by atoms with van der Waals surface area (Å²) in [5, 5.41) is 8.85. The van der Waals surface area contributed by atoms with E-state index in [1.165, 1.54) is 6.07 Å². The van der Waals surface area contributed by atoms with E-state index in [1.807, 2.05) is 0 Å². The van der Waals surface area contributed by atoms with Crippen LogP contribution in [-0.4, -0.2) is 47.2 Å². The van der Waals surface area contributed by atoms with Crippen LogP contribution in [-0.2, 0) is 4.74 Å². The molecule has 2 unspecified atom stereocenters. The first-order valence-corrected chi connectivity index (χ1v) is 6.73. The number of carbonyl (C=O) groups is 2. The Morgan fingerprint density at radius 2 is 1.83 bits per heavy atom. The molecule has 5 nitrogen and oxygen atoms in total. The summed E-state index contributed by atoms with van der Waals surface area (Å²) in [4.78, 5) is 25.5. The highest BCUT2D eigenvalue weighted by Crippen LogP contribution is 2.28. The fourth-order valence-electron chi connectivity index (χ4n) is 2.50. The maximum Gasteiger partial charge on any atom is 0.345 e. The van der Waals surface area contributed by atoms with Crippen LogP contribution < -0.4 is 0 Å². The van der Waals surface area contributed by atoms with Gasteiger partial charge >= 0.3 is 5.97 Å². The molecule has 2 atom stereocenters. The van der Waals surface area contributed by atoms with Gasteiger partial charge in [-0.15, -0.1) is 11.3 Å². The Morgan fingerprint density at radius 3 is 2.39 bits per heavy atom. The normalized spacial score (nSPS) is 26.3. The second-order valence-corrected chi connectivity index (χ2v) is 5.72. The number of aromatic carboxylic acids is 1. The highest BCUT2D eigenvalue weighted by molar-refractivity contribution is 7.15. The minimum atomic E-state index is -0.985. The first kappa shape index (κ1) is 11.7. The summed E-state index contributed by atoms with van der Waals surface area (Å²) in [6, 6.07) is 3.07. The summed E-state index contributed by atoms with van der Waals surface area (Å²) < 4.78 is 5.67. The predicted molar refractivity (Wildman–Crippen MR) is 65.1 cm³/mol. The number of likely N-dealkylation sites (tertiary alicyclic amines) is 1. The molecule has 96 valence electrons. The zero-order chi connectivity index (χ0) is 12.7. The second-order valence-electron chi connectivity index (χ2n) is 4.64. The van der Waals surface area contributed by atoms with Crippen LogP contribution in [0.4, 0.5) is 0 Å². The molecular formula is C12H13NO4S. The zero-order valence-electron chi connectivity index (χ0n) is 9.67. The molecule has 0 aromatic carbocycles. The lowest BCUT2D eigenvalue weighted by molar-refractivity contribution is -0.0302. The van der Waals surface area contributed by atoms with Gasteiger partial charge in [0.2, 0.25) is 0 Å². The zero-order valence-corrected chi connectivity index (χ0v) is 10.5. The number of morpholine rings is 1. The molecule has 3 heterocycles. The highest BCUT2D eigenvalue weighted by Gasteiger charge is 2.36. The van der Waals surface area contributed by atoms with Gasteiger partial charge in [0.15, 0.2) is 0 Å². The lowest BCUT2D eigenvalue weighted by Crippen LogP contribution is -2.45. The molecule has 6 heteroatoms. The van der Waals surface area contributed by atoms with Crippen molar-refractivity contribution in [1.29, 1.82) is 0 Å². The van der Waals surface area contributed by atoms with Crippen molar-refractivity contribution in [2.75, 3.05) is 13.1 Å². The smallest absolute Gasteiger partial charge is 0.345 e. The fourth-order valence-corrected chi connectivity index (χ4v) is 3.32. The van der Waals surface area contributed by atoms with Crippen LogP contribution in [0.1, 0.15) is 32.2 Å². The van der Waals surface area contributed by atoms with E-state index in [0.29, 0.717) is 18.0 Å². The van der Waals surface area contributed by atoms with E-state index < -0.39 is 5.97 Å². The number of fused-ring (bicyclic) bond motifs is 2. The highest BCUT2D eigenvalue weighted by atomic mass is 32.1. The van der Waals surface area contributed by atoms with E-state index in [-0.39, 0.29) is 23.0 Å². The van der Waals surface area contributed by atoms with Crippen molar-refractivity contribution in [2.24, 2.45) is 0 Å². The molecule has 18 heavy (non-hydrogen) atoms. The molecule has 0 saturated carbocycles. The number of carboxylic acids is 1. The number of thiophene rings is 1. The molecule has 1 aromatic heterocycles. The van der Waals surface area contributed by atoms with Gasteiger partial charge in [-0.05, 0) is 25.0 Å². The minimum absolute atomic E-state index is 0.0762. The molecule has 0 spiro atoms. The Kier molecular flexibility index (Phi) is 2.83. The molecular weight excluding hydrogens is 254 g/mol. The van der Waals surface area contributed by atoms with Crippen LogP contribution in [0.5, 0.6) is 0 Å². The summed E-state index contributed by atoms with van der Waals surface area (Å²) in [6.07, 6.45) is 2.34. The molecule has 2 bridgehead atoms. The number of amides is 1. The van der Waals surface area contributed by atoms with Crippen molar-refractivity contribution in [2.45, 2.75) is 25.0 Å². The topological polar surface area (TPSA) is 66.8 Å². The summed E-state index contributed by atoms with van der Waals surface area (Å²) in [5.41, 5.74) is 0. The van der Waals surface area contributed by atoms with Crippen LogP contribution >= 0.6 is 11.3 Å². The Labute approximate surface area is 108 Å². The van der Waals surface area contributed by atoms with Crippen LogP contribution in [0.2, 0.25) is 0 Å². The van der Waals surface area contributed by atoms with Gasteiger partial charge in [-0.1, -0.05) is 0 Å². The number of carboxylic acid groups (broad SMARTS) is 1. The van der Waals surface area contributed by atoms with Crippen molar-refractivity contribution in [3.63, 3.8) is 0 Å². The van der Waals surface area contributed by atoms with Crippen molar-refractivity contribution in [3.05, 3.63) is 21.9 Å². The molecule has 3 rings (SSSR count). The van der Waals surface area contributed by atoms with E-state index >= 15 is 0 Å². The number of ether oxygens (including phenoxy) is 1. The molecule has 0 radical (unpaired) electrons. The van der Waals surface area contributed by atoms with E-state index in [0.717, 1.165) is 24.2 Å². The molecule has 1 amide bonds. The Morgan fingerprint density at radius 1 is 1.22 bits per heavy atom. The molecule has 2 aliphatic rings. The van der Waals surface area contributed by atoms with E-state index in [1.54, 1.807) is 11.0 Å². The molecule has 0 aliphatic carbocycles. The average molecular weight is 267 g/mol. The summed E-state index contributed by atoms with van der Waals surface area (Å²) in [6.45, 7) is 1.24. The number of carbonyl (C=O) groups excluding carboxylic acids is 1. The summed E-state index contributed by atoms with van der Waals surface area (Å²) >= 11 is 1.03. The van der Waals surface area contributed by atoms with Crippen molar-refractivity contribution in [3.8, 4) is 0 Å². The Balaban J connectivity index is 1.75. The Bertz CT molecular complexity index is 486. The van der Waals surface area contributed by atoms with E-state index in [4.69, 9.17) is 9.84 Å². The van der Waals surface area contributed by atoms with Gasteiger partial charge in [0.05, 0.1) is 17.1 Å². The van der Waals surface area contributed by atoms with Gasteiger partial charge in [-0.2, -0.15) is 0 Å². The third-order valence-corrected chi connectivity index (χ3v) is 4.42. The van der Waals surface area contributed by atoms with Crippen LogP contribution in [0.15, 0.2) is 12.1 Å². The summed E-state index contributed by atoms with van der Waals surface area (Å²) in [7, 11) is 0. The first-order valence-electron chi connectivity index (χ1n) is 5.91. The number of hydrogen-bond acceptors (Lipinski definition) is 4. The lowest BCUT2D eigenvalue weighted by Gasteiger charge is -2.31. The second kappa shape index (κ2) is 4.37. The molecule has 2 saturated heterocycles. The number of nitrogens with zero attached hydrogens (tertiary/aromatic N) is 1. The maximum atomic E-state index is 12.2. The van der Waals surface area contributed by atoms with Gasteiger partial charge in [-0.25, -0.2) is 4.79 Å². The molecule has 1 N–H and O–H groups in total. The summed E-state index contributed by atoms with van der Waals surface area (Å²) in [5.74, 6) is -1.06. The van der Waals surface area contributed by atoms with Gasteiger partial charge in [0.1, 0.15) is 4.88 Å². The molecule has 1 aromatic rings. The van der Waals surface area contributed by atoms with E-state index in [9.17, 15) is 9.59 Å². The van der Waals surface area contributed by atoms with Gasteiger partial charge < -0.3 is 14.7 Å². The number of hydrogen-bond donors (Lipinski definition) is 1. The predicted octanol–water partition coefficient (Wildman–Crippen LogP) is 1.45. The van der Waals surface area contributed by atoms with Gasteiger partial charge in [-0.3, -0.25) is 4.79 Å². The van der Waals surface area contributed by atoms with Crippen LogP contribution in [0.25, 0.3) is 0 Å². The third-order valence-electron chi connectivity index (χ3n) is 3.36. The van der Waals surface area contributed by atoms with Crippen LogP contribution in [0.3, 0.4) is 0 Å². The standard InChI is InChI=1S/C12H13NO4S/c14-11(9-3-4-10(18-9)12(15)16)13-5-7-1-2-8(6-13)17-7/h3-4,7-8H,1-2,5-6H2,(H,15,16). The number of rotatable bonds is 2. The van der Waals surface area contributed by atoms with E-state index in [2.05, 4.69) is 0 Å². The largest absolute Gasteiger partial charge is 0.477 e. The molecule has 2 aliphatic heterocycles. The quantitative estimate of drug-likeness (QED) is 0.880. The minimum Gasteiger partial charge on any atom is -0.477 e. The monoisotopic (exact) mass is 267 g/mol. The first-order chi connectivity index (χ1) is 8.63. The van der Waals surface area contributed by atoms with Gasteiger partial charge in [0, 0.05) is 13.1 Å². The lowest BCUT2D eigenvalue weighted by atomic mass is 10.2. The molecule has 2 fully saturated rings.